The largest absolute Gasteiger partial charge is 0.416 e. The zero-order valence-corrected chi connectivity index (χ0v) is 11.8. The molecule has 0 fully saturated rings. The van der Waals surface area contributed by atoms with Gasteiger partial charge in [0.05, 0.1) is 5.56 Å². The zero-order chi connectivity index (χ0) is 16.2. The number of aryl methyl sites for hydroxylation is 1. The Hall–Kier alpha value is -2.56. The Bertz CT molecular complexity index is 688. The fourth-order valence-electron chi connectivity index (χ4n) is 1.81. The number of carbonyl (C=O) groups excluding carboxylic acids is 1. The third-order valence-corrected chi connectivity index (χ3v) is 2.96. The first-order valence-electron chi connectivity index (χ1n) is 6.57. The Balaban J connectivity index is 2.04. The SMILES string of the molecule is Cc1ccc(/C=C/C(=O)Nc2cccc(C(F)(F)F)c2)cc1. The Kier molecular flexibility index (Phi) is 4.65. The van der Waals surface area contributed by atoms with Crippen molar-refractivity contribution in [3.8, 4) is 0 Å². The van der Waals surface area contributed by atoms with Crippen molar-refractivity contribution in [3.63, 3.8) is 0 Å². The van der Waals surface area contributed by atoms with Gasteiger partial charge in [0.25, 0.3) is 0 Å². The maximum Gasteiger partial charge on any atom is 0.416 e. The van der Waals surface area contributed by atoms with Crippen molar-refractivity contribution in [1.29, 1.82) is 0 Å². The van der Waals surface area contributed by atoms with Crippen molar-refractivity contribution < 1.29 is 18.0 Å². The third-order valence-electron chi connectivity index (χ3n) is 2.96. The van der Waals surface area contributed by atoms with E-state index in [1.807, 2.05) is 31.2 Å². The van der Waals surface area contributed by atoms with Crippen molar-refractivity contribution >= 4 is 17.7 Å². The third kappa shape index (κ3) is 4.48. The molecule has 0 atom stereocenters. The van der Waals surface area contributed by atoms with Crippen molar-refractivity contribution in [2.45, 2.75) is 13.1 Å². The van der Waals surface area contributed by atoms with E-state index in [9.17, 15) is 18.0 Å². The second-order valence-corrected chi connectivity index (χ2v) is 4.81. The molecule has 0 unspecified atom stereocenters. The second kappa shape index (κ2) is 6.47. The number of alkyl halides is 3. The lowest BCUT2D eigenvalue weighted by Gasteiger charge is -2.08. The molecule has 2 aromatic carbocycles. The van der Waals surface area contributed by atoms with Gasteiger partial charge in [-0.05, 0) is 36.8 Å². The fourth-order valence-corrected chi connectivity index (χ4v) is 1.81. The first-order valence-corrected chi connectivity index (χ1v) is 6.57. The molecular weight excluding hydrogens is 291 g/mol. The summed E-state index contributed by atoms with van der Waals surface area (Å²) in [5, 5.41) is 2.41. The molecule has 1 N–H and O–H groups in total. The van der Waals surface area contributed by atoms with Gasteiger partial charge in [0.1, 0.15) is 0 Å². The molecule has 0 bridgehead atoms. The predicted octanol–water partition coefficient (Wildman–Crippen LogP) is 4.67. The monoisotopic (exact) mass is 305 g/mol. The van der Waals surface area contributed by atoms with Gasteiger partial charge in [-0.1, -0.05) is 35.9 Å². The minimum absolute atomic E-state index is 0.105. The highest BCUT2D eigenvalue weighted by atomic mass is 19.4. The first kappa shape index (κ1) is 15.8. The van der Waals surface area contributed by atoms with Crippen LogP contribution in [0, 0.1) is 6.92 Å². The van der Waals surface area contributed by atoms with Gasteiger partial charge in [0.2, 0.25) is 5.91 Å². The molecule has 114 valence electrons. The molecule has 5 heteroatoms. The van der Waals surface area contributed by atoms with Gasteiger partial charge < -0.3 is 5.32 Å². The highest BCUT2D eigenvalue weighted by Crippen LogP contribution is 2.30. The van der Waals surface area contributed by atoms with Crippen LogP contribution in [-0.4, -0.2) is 5.91 Å². The summed E-state index contributed by atoms with van der Waals surface area (Å²) >= 11 is 0. The minimum atomic E-state index is -4.43. The first-order chi connectivity index (χ1) is 10.3. The van der Waals surface area contributed by atoms with E-state index in [2.05, 4.69) is 5.32 Å². The van der Waals surface area contributed by atoms with Gasteiger partial charge in [-0.3, -0.25) is 4.79 Å². The summed E-state index contributed by atoms with van der Waals surface area (Å²) in [6.45, 7) is 1.95. The molecule has 0 aliphatic heterocycles. The maximum atomic E-state index is 12.6. The molecule has 0 aliphatic carbocycles. The van der Waals surface area contributed by atoms with Gasteiger partial charge in [-0.15, -0.1) is 0 Å². The van der Waals surface area contributed by atoms with E-state index in [4.69, 9.17) is 0 Å². The average molecular weight is 305 g/mol. The topological polar surface area (TPSA) is 29.1 Å². The van der Waals surface area contributed by atoms with Crippen LogP contribution in [-0.2, 0) is 11.0 Å². The standard InChI is InChI=1S/C17H14F3NO/c1-12-5-7-13(8-6-12)9-10-16(22)21-15-4-2-3-14(11-15)17(18,19)20/h2-11H,1H3,(H,21,22)/b10-9+. The van der Waals surface area contributed by atoms with Crippen LogP contribution in [0.5, 0.6) is 0 Å². The van der Waals surface area contributed by atoms with Gasteiger partial charge >= 0.3 is 6.18 Å². The molecule has 0 aliphatic rings. The molecule has 0 aromatic heterocycles. The summed E-state index contributed by atoms with van der Waals surface area (Å²) in [5.74, 6) is -0.486. The Morgan fingerprint density at radius 3 is 2.41 bits per heavy atom. The summed E-state index contributed by atoms with van der Waals surface area (Å²) in [4.78, 5) is 11.7. The Morgan fingerprint density at radius 2 is 1.77 bits per heavy atom. The van der Waals surface area contributed by atoms with Crippen LogP contribution < -0.4 is 5.32 Å². The van der Waals surface area contributed by atoms with Gasteiger partial charge in [-0.25, -0.2) is 0 Å². The van der Waals surface area contributed by atoms with Crippen LogP contribution in [0.25, 0.3) is 6.08 Å². The molecule has 0 saturated carbocycles. The molecule has 2 aromatic rings. The number of benzene rings is 2. The molecule has 0 spiro atoms. The van der Waals surface area contributed by atoms with Crippen molar-refractivity contribution in [1.82, 2.24) is 0 Å². The molecule has 1 amide bonds. The summed E-state index contributed by atoms with van der Waals surface area (Å²) in [6.07, 6.45) is -1.55. The van der Waals surface area contributed by atoms with E-state index in [-0.39, 0.29) is 5.69 Å². The molecule has 0 radical (unpaired) electrons. The average Bonchev–Trinajstić information content (AvgIpc) is 2.46. The molecule has 2 rings (SSSR count). The smallest absolute Gasteiger partial charge is 0.322 e. The lowest BCUT2D eigenvalue weighted by molar-refractivity contribution is -0.137. The second-order valence-electron chi connectivity index (χ2n) is 4.81. The van der Waals surface area contributed by atoms with Gasteiger partial charge in [0.15, 0.2) is 0 Å². The molecule has 0 saturated heterocycles. The summed E-state index contributed by atoms with van der Waals surface area (Å²) in [5.41, 5.74) is 1.25. The molecule has 0 heterocycles. The summed E-state index contributed by atoms with van der Waals surface area (Å²) in [6, 6.07) is 12.0. The number of amides is 1. The number of hydrogen-bond acceptors (Lipinski definition) is 1. The number of halogens is 3. The van der Waals surface area contributed by atoms with Crippen LogP contribution >= 0.6 is 0 Å². The highest BCUT2D eigenvalue weighted by molar-refractivity contribution is 6.01. The van der Waals surface area contributed by atoms with Crippen LogP contribution in [0.4, 0.5) is 18.9 Å². The van der Waals surface area contributed by atoms with Crippen molar-refractivity contribution in [2.75, 3.05) is 5.32 Å². The Morgan fingerprint density at radius 1 is 1.09 bits per heavy atom. The zero-order valence-electron chi connectivity index (χ0n) is 11.8. The van der Waals surface area contributed by atoms with E-state index >= 15 is 0 Å². The number of rotatable bonds is 3. The minimum Gasteiger partial charge on any atom is -0.322 e. The molecular formula is C17H14F3NO. The lowest BCUT2D eigenvalue weighted by atomic mass is 10.1. The van der Waals surface area contributed by atoms with Crippen LogP contribution in [0.1, 0.15) is 16.7 Å². The number of carbonyl (C=O) groups is 1. The van der Waals surface area contributed by atoms with Crippen molar-refractivity contribution in [3.05, 3.63) is 71.3 Å². The van der Waals surface area contributed by atoms with Crippen molar-refractivity contribution in [2.24, 2.45) is 0 Å². The summed E-state index contributed by atoms with van der Waals surface area (Å²) in [7, 11) is 0. The molecule has 2 nitrogen and oxygen atoms in total. The van der Waals surface area contributed by atoms with E-state index in [1.165, 1.54) is 18.2 Å². The fraction of sp³-hybridized carbons (Fsp3) is 0.118. The van der Waals surface area contributed by atoms with Gasteiger partial charge in [-0.2, -0.15) is 13.2 Å². The highest BCUT2D eigenvalue weighted by Gasteiger charge is 2.30. The van der Waals surface area contributed by atoms with E-state index in [0.29, 0.717) is 0 Å². The van der Waals surface area contributed by atoms with Crippen LogP contribution in [0.3, 0.4) is 0 Å². The van der Waals surface area contributed by atoms with E-state index in [0.717, 1.165) is 23.3 Å². The quantitative estimate of drug-likeness (QED) is 0.821. The normalized spacial score (nSPS) is 11.6. The maximum absolute atomic E-state index is 12.6. The summed E-state index contributed by atoms with van der Waals surface area (Å²) < 4.78 is 37.7. The van der Waals surface area contributed by atoms with E-state index < -0.39 is 17.6 Å². The lowest BCUT2D eigenvalue weighted by Crippen LogP contribution is -2.10. The Labute approximate surface area is 126 Å². The van der Waals surface area contributed by atoms with Crippen LogP contribution in [0.15, 0.2) is 54.6 Å². The number of nitrogens with one attached hydrogen (secondary N) is 1. The predicted molar refractivity (Wildman–Crippen MR) is 80.3 cm³/mol. The number of hydrogen-bond donors (Lipinski definition) is 1. The number of anilines is 1. The van der Waals surface area contributed by atoms with Crippen LogP contribution in [0.2, 0.25) is 0 Å². The van der Waals surface area contributed by atoms with Gasteiger partial charge in [0, 0.05) is 11.8 Å². The molecule has 22 heavy (non-hydrogen) atoms. The van der Waals surface area contributed by atoms with E-state index in [1.54, 1.807) is 6.08 Å².